The summed E-state index contributed by atoms with van der Waals surface area (Å²) in [5.74, 6) is -2.05. The topological polar surface area (TPSA) is 115 Å². The number of hydrogen-bond acceptors (Lipinski definition) is 8. The number of nitrogens with zero attached hydrogens (tertiary/aromatic N) is 3. The van der Waals surface area contributed by atoms with Gasteiger partial charge >= 0.3 is 6.18 Å². The maximum absolute atomic E-state index is 14.3. The summed E-state index contributed by atoms with van der Waals surface area (Å²) in [6.45, 7) is -0.162. The summed E-state index contributed by atoms with van der Waals surface area (Å²) < 4.78 is 100. The van der Waals surface area contributed by atoms with E-state index < -0.39 is 45.6 Å². The van der Waals surface area contributed by atoms with E-state index in [0.29, 0.717) is 11.3 Å². The van der Waals surface area contributed by atoms with E-state index in [9.17, 15) is 30.4 Å². The van der Waals surface area contributed by atoms with Crippen LogP contribution in [0.3, 0.4) is 0 Å². The Balaban J connectivity index is 1.64. The summed E-state index contributed by atoms with van der Waals surface area (Å²) in [6, 6.07) is 10.7. The molecule has 0 saturated heterocycles. The zero-order valence-corrected chi connectivity index (χ0v) is 22.2. The summed E-state index contributed by atoms with van der Waals surface area (Å²) in [4.78, 5) is 6.85. The first kappa shape index (κ1) is 28.2. The van der Waals surface area contributed by atoms with Gasteiger partial charge in [-0.3, -0.25) is 5.73 Å². The number of aromatic nitrogens is 1. The summed E-state index contributed by atoms with van der Waals surface area (Å²) >= 11 is 0. The molecular formula is C26H26F5N5O3S. The van der Waals surface area contributed by atoms with Gasteiger partial charge in [-0.2, -0.15) is 13.2 Å². The van der Waals surface area contributed by atoms with Crippen molar-refractivity contribution in [1.82, 2.24) is 9.88 Å². The van der Waals surface area contributed by atoms with E-state index in [1.165, 1.54) is 30.2 Å². The van der Waals surface area contributed by atoms with E-state index >= 15 is 0 Å². The molecule has 1 aromatic heterocycles. The lowest BCUT2D eigenvalue weighted by Gasteiger charge is -2.50. The first-order valence-electron chi connectivity index (χ1n) is 12.1. The van der Waals surface area contributed by atoms with E-state index in [0.717, 1.165) is 23.3 Å². The zero-order valence-electron chi connectivity index (χ0n) is 21.4. The molecule has 1 saturated carbocycles. The molecular weight excluding hydrogens is 557 g/mol. The molecule has 3 aromatic rings. The van der Waals surface area contributed by atoms with Gasteiger partial charge in [0.05, 0.1) is 24.2 Å². The fourth-order valence-electron chi connectivity index (χ4n) is 5.14. The number of rotatable bonds is 6. The van der Waals surface area contributed by atoms with Gasteiger partial charge in [0.1, 0.15) is 28.6 Å². The Morgan fingerprint density at radius 2 is 1.75 bits per heavy atom. The largest absolute Gasteiger partial charge is 0.495 e. The van der Waals surface area contributed by atoms with Gasteiger partial charge in [-0.1, -0.05) is 6.07 Å². The molecule has 0 amide bonds. The summed E-state index contributed by atoms with van der Waals surface area (Å²) in [5.41, 5.74) is 11.8. The molecule has 2 aromatic carbocycles. The molecule has 1 fully saturated rings. The highest BCUT2D eigenvalue weighted by Crippen LogP contribution is 2.57. The fraction of sp³-hybridized carbons (Fsp3) is 0.346. The summed E-state index contributed by atoms with van der Waals surface area (Å²) in [5, 5.41) is 0. The summed E-state index contributed by atoms with van der Waals surface area (Å²) in [6.07, 6.45) is -6.81. The Morgan fingerprint density at radius 1 is 1.05 bits per heavy atom. The van der Waals surface area contributed by atoms with Gasteiger partial charge in [0.2, 0.25) is 0 Å². The molecule has 2 heterocycles. The van der Waals surface area contributed by atoms with Crippen molar-refractivity contribution in [3.63, 3.8) is 0 Å². The van der Waals surface area contributed by atoms with Gasteiger partial charge in [-0.15, -0.1) is 0 Å². The molecule has 8 nitrogen and oxygen atoms in total. The Labute approximate surface area is 227 Å². The second-order valence-electron chi connectivity index (χ2n) is 9.91. The minimum atomic E-state index is -4.65. The van der Waals surface area contributed by atoms with E-state index in [1.54, 1.807) is 18.2 Å². The first-order valence-corrected chi connectivity index (χ1v) is 14.0. The monoisotopic (exact) mass is 583 g/mol. The Kier molecular flexibility index (Phi) is 6.80. The maximum atomic E-state index is 14.3. The van der Waals surface area contributed by atoms with E-state index in [4.69, 9.17) is 16.2 Å². The smallest absolute Gasteiger partial charge is 0.406 e. The quantitative estimate of drug-likeness (QED) is 0.418. The predicted molar refractivity (Wildman–Crippen MR) is 137 cm³/mol. The molecule has 0 radical (unpaired) electrons. The summed E-state index contributed by atoms with van der Waals surface area (Å²) in [7, 11) is -2.36. The van der Waals surface area contributed by atoms with Crippen LogP contribution in [-0.2, 0) is 16.4 Å². The number of pyridine rings is 1. The molecule has 0 spiro atoms. The molecule has 2 unspecified atom stereocenters. The minimum Gasteiger partial charge on any atom is -0.495 e. The van der Waals surface area contributed by atoms with Gasteiger partial charge in [-0.25, -0.2) is 27.1 Å². The number of nitrogens with two attached hydrogens (primary N) is 2. The SMILES string of the molecule is COc1ccc(-c2ccc3c(n2)C(N)N(C2(C(F)(F)F)CC2)C(N)N3Cc2ccc(F)c(F)c2)cc1S(C)(=O)=O. The molecule has 0 bridgehead atoms. The number of benzene rings is 2. The number of methoxy groups -OCH3 is 1. The van der Waals surface area contributed by atoms with Gasteiger partial charge in [0, 0.05) is 18.4 Å². The van der Waals surface area contributed by atoms with Crippen molar-refractivity contribution in [2.45, 2.75) is 48.5 Å². The molecule has 5 rings (SSSR count). The minimum absolute atomic E-state index is 0.0639. The molecule has 14 heteroatoms. The van der Waals surface area contributed by atoms with Gasteiger partial charge in [0.25, 0.3) is 0 Å². The molecule has 1 aliphatic carbocycles. The van der Waals surface area contributed by atoms with E-state index in [2.05, 4.69) is 4.98 Å². The van der Waals surface area contributed by atoms with Crippen LogP contribution in [0.2, 0.25) is 0 Å². The van der Waals surface area contributed by atoms with Crippen LogP contribution < -0.4 is 21.1 Å². The Hall–Kier alpha value is -3.33. The van der Waals surface area contributed by atoms with Crippen LogP contribution >= 0.6 is 0 Å². The molecule has 1 aliphatic heterocycles. The molecule has 2 aliphatic rings. The van der Waals surface area contributed by atoms with Crippen LogP contribution in [0.5, 0.6) is 5.75 Å². The van der Waals surface area contributed by atoms with Crippen LogP contribution in [0.4, 0.5) is 27.6 Å². The second-order valence-corrected chi connectivity index (χ2v) is 11.9. The highest BCUT2D eigenvalue weighted by Gasteiger charge is 2.70. The lowest BCUT2D eigenvalue weighted by atomic mass is 10.0. The standard InChI is InChI=1S/C26H26F5N5O3S/c1-39-20-8-4-15(12-21(20)40(2,37)38)18-6-7-19-22(34-18)23(32)36(25(9-10-25)26(29,30)31)24(33)35(19)13-14-3-5-16(27)17(28)11-14/h3-8,11-12,23-24H,9-10,13,32-33H2,1-2H3. The number of ether oxygens (including phenoxy) is 1. The van der Waals surface area contributed by atoms with Crippen molar-refractivity contribution < 1.29 is 35.1 Å². The van der Waals surface area contributed by atoms with E-state index in [1.807, 2.05) is 0 Å². The number of fused-ring (bicyclic) bond motifs is 1. The zero-order chi connectivity index (χ0) is 29.2. The van der Waals surface area contributed by atoms with Crippen LogP contribution in [0.15, 0.2) is 53.4 Å². The Bertz CT molecular complexity index is 1580. The maximum Gasteiger partial charge on any atom is 0.406 e. The average Bonchev–Trinajstić information content (AvgIpc) is 3.69. The Morgan fingerprint density at radius 3 is 2.33 bits per heavy atom. The first-order chi connectivity index (χ1) is 18.7. The molecule has 214 valence electrons. The van der Waals surface area contributed by atoms with Crippen molar-refractivity contribution in [2.24, 2.45) is 11.5 Å². The third-order valence-electron chi connectivity index (χ3n) is 7.34. The number of sulfone groups is 1. The lowest BCUT2D eigenvalue weighted by molar-refractivity contribution is -0.211. The van der Waals surface area contributed by atoms with E-state index in [-0.39, 0.29) is 47.0 Å². The van der Waals surface area contributed by atoms with Gasteiger partial charge in [-0.05, 0) is 60.9 Å². The second kappa shape index (κ2) is 9.65. The van der Waals surface area contributed by atoms with Crippen molar-refractivity contribution in [1.29, 1.82) is 0 Å². The van der Waals surface area contributed by atoms with Crippen molar-refractivity contribution in [3.05, 3.63) is 71.4 Å². The van der Waals surface area contributed by atoms with Crippen molar-refractivity contribution >= 4 is 15.5 Å². The van der Waals surface area contributed by atoms with Crippen molar-refractivity contribution in [3.8, 4) is 17.0 Å². The number of alkyl halides is 3. The van der Waals surface area contributed by atoms with Crippen LogP contribution in [0.1, 0.15) is 30.3 Å². The number of anilines is 1. The third-order valence-corrected chi connectivity index (χ3v) is 8.46. The average molecular weight is 584 g/mol. The highest BCUT2D eigenvalue weighted by atomic mass is 32.2. The fourth-order valence-corrected chi connectivity index (χ4v) is 6.00. The predicted octanol–water partition coefficient (Wildman–Crippen LogP) is 4.06. The van der Waals surface area contributed by atoms with Gasteiger partial charge in [0.15, 0.2) is 21.5 Å². The third kappa shape index (κ3) is 4.68. The van der Waals surface area contributed by atoms with Crippen molar-refractivity contribution in [2.75, 3.05) is 18.3 Å². The molecule has 2 atom stereocenters. The van der Waals surface area contributed by atoms with Gasteiger partial charge < -0.3 is 15.4 Å². The lowest BCUT2D eigenvalue weighted by Crippen LogP contribution is -2.67. The number of hydrogen-bond donors (Lipinski definition) is 2. The number of halogens is 5. The van der Waals surface area contributed by atoms with Crippen LogP contribution in [-0.4, -0.2) is 49.7 Å². The molecule has 40 heavy (non-hydrogen) atoms. The van der Waals surface area contributed by atoms with Crippen LogP contribution in [0, 0.1) is 11.6 Å². The highest BCUT2D eigenvalue weighted by molar-refractivity contribution is 7.90. The van der Waals surface area contributed by atoms with Crippen LogP contribution in [0.25, 0.3) is 11.3 Å². The normalized spacial score (nSPS) is 20.8. The molecule has 4 N–H and O–H groups in total.